The van der Waals surface area contributed by atoms with Gasteiger partial charge in [0.15, 0.2) is 11.5 Å². The first-order chi connectivity index (χ1) is 41.7. The zero-order valence-electron chi connectivity index (χ0n) is 49.5. The Labute approximate surface area is 503 Å². The lowest BCUT2D eigenvalue weighted by atomic mass is 10.1. The molecular weight excluding hydrogens is 1160 g/mol. The van der Waals surface area contributed by atoms with Gasteiger partial charge in [-0.2, -0.15) is 30.6 Å². The summed E-state index contributed by atoms with van der Waals surface area (Å²) in [5.41, 5.74) is 1.06. The van der Waals surface area contributed by atoms with Gasteiger partial charge in [0, 0.05) is 48.7 Å². The molecule has 1 aliphatic rings. The zero-order chi connectivity index (χ0) is 66.2. The van der Waals surface area contributed by atoms with E-state index in [0.29, 0.717) is 69.5 Å². The van der Waals surface area contributed by atoms with Crippen molar-refractivity contribution in [3.8, 4) is 0 Å². The lowest BCUT2D eigenvalue weighted by Crippen LogP contribution is -2.11. The van der Waals surface area contributed by atoms with E-state index in [9.17, 15) is 75.7 Å². The molecule has 0 radical (unpaired) electrons. The maximum absolute atomic E-state index is 11.6. The third kappa shape index (κ3) is 22.6. The van der Waals surface area contributed by atoms with Gasteiger partial charge in [-0.25, -0.2) is 0 Å². The molecule has 0 fully saturated rings. The molecule has 35 nitrogen and oxygen atoms in total. The Morgan fingerprint density at radius 3 is 1.43 bits per heavy atom. The number of allylic oxidation sites excluding steroid dienone is 5. The molecule has 0 saturated carbocycles. The van der Waals surface area contributed by atoms with Crippen LogP contribution in [0.3, 0.4) is 0 Å². The van der Waals surface area contributed by atoms with E-state index in [-0.39, 0.29) is 75.6 Å². The Bertz CT molecular complexity index is 3270. The summed E-state index contributed by atoms with van der Waals surface area (Å²) in [6.45, 7) is 18.6. The van der Waals surface area contributed by atoms with Crippen LogP contribution in [0.15, 0.2) is 119 Å². The second-order valence-corrected chi connectivity index (χ2v) is 18.4. The van der Waals surface area contributed by atoms with E-state index in [1.165, 1.54) is 59.9 Å². The molecule has 0 spiro atoms. The highest BCUT2D eigenvalue weighted by atomic mass is 16.6. The maximum Gasteiger partial charge on any atom is 0.317 e. The second-order valence-electron chi connectivity index (χ2n) is 18.4. The molecule has 35 heteroatoms. The smallest absolute Gasteiger partial charge is 0.317 e. The number of aromatic nitrogens is 12. The summed E-state index contributed by atoms with van der Waals surface area (Å²) < 4.78 is 19.4. The molecule has 7 rings (SSSR count). The van der Waals surface area contributed by atoms with E-state index in [1.807, 2.05) is 12.2 Å². The van der Waals surface area contributed by atoms with Gasteiger partial charge >= 0.3 is 34.1 Å². The van der Waals surface area contributed by atoms with E-state index in [2.05, 4.69) is 63.5 Å². The average molecular weight is 1230 g/mol. The number of carbonyl (C=O) groups excluding carboxylic acids is 1. The van der Waals surface area contributed by atoms with Crippen molar-refractivity contribution < 1.29 is 54.0 Å². The van der Waals surface area contributed by atoms with E-state index < -0.39 is 41.7 Å². The fraction of sp³-hybridized carbons (Fsp3) is 0.415. The van der Waals surface area contributed by atoms with Crippen LogP contribution in [-0.2, 0) is 51.8 Å². The highest BCUT2D eigenvalue weighted by Gasteiger charge is 2.30. The summed E-state index contributed by atoms with van der Waals surface area (Å²) in [6, 6.07) is 0. The van der Waals surface area contributed by atoms with Crippen molar-refractivity contribution in [2.75, 3.05) is 13.2 Å². The highest BCUT2D eigenvalue weighted by Crippen LogP contribution is 2.33. The third-order valence-corrected chi connectivity index (χ3v) is 12.2. The van der Waals surface area contributed by atoms with Crippen LogP contribution >= 0.6 is 0 Å². The van der Waals surface area contributed by atoms with Crippen molar-refractivity contribution in [2.24, 2.45) is 42.3 Å². The Morgan fingerprint density at radius 2 is 1.00 bits per heavy atom. The molecule has 2 N–H and O–H groups in total. The van der Waals surface area contributed by atoms with Crippen molar-refractivity contribution in [1.29, 1.82) is 0 Å². The Morgan fingerprint density at radius 1 is 0.568 bits per heavy atom. The van der Waals surface area contributed by atoms with Gasteiger partial charge in [0.05, 0.1) is 42.8 Å². The number of ketones is 1. The lowest BCUT2D eigenvalue weighted by molar-refractivity contribution is -0.386. The molecule has 6 aromatic heterocycles. The molecule has 0 saturated heterocycles. The molecule has 6 aromatic rings. The van der Waals surface area contributed by atoms with E-state index in [4.69, 9.17) is 9.47 Å². The van der Waals surface area contributed by atoms with Gasteiger partial charge in [-0.15, -0.1) is 32.9 Å². The highest BCUT2D eigenvalue weighted by molar-refractivity contribution is 5.98. The number of aliphatic hydroxyl groups excluding tert-OH is 2. The van der Waals surface area contributed by atoms with Crippen molar-refractivity contribution in [2.45, 2.75) is 88.6 Å². The minimum atomic E-state index is -0.879. The number of rotatable bonds is 26. The van der Waals surface area contributed by atoms with Crippen LogP contribution in [0.5, 0.6) is 0 Å². The number of carbonyl (C=O) groups is 1. The van der Waals surface area contributed by atoms with Crippen molar-refractivity contribution in [3.05, 3.63) is 208 Å². The number of nitro groups is 6. The summed E-state index contributed by atoms with van der Waals surface area (Å²) in [5, 5.41) is 106. The molecule has 0 amide bonds. The molecule has 7 heterocycles. The molecule has 0 bridgehead atoms. The van der Waals surface area contributed by atoms with Crippen LogP contribution in [0, 0.1) is 60.7 Å². The normalized spacial score (nSPS) is 13.1. The fourth-order valence-electron chi connectivity index (χ4n) is 8.04. The van der Waals surface area contributed by atoms with E-state index in [0.717, 1.165) is 31.4 Å². The minimum Gasteiger partial charge on any atom is -0.387 e. The standard InChI is InChI=1S/C12H17N3O3.C10H13N3O3.2C9H13N3O3.C9H11N3O3.C4H5N3O2/c1-4-6-7-11(18-8-5-2)12-10(15(16)17)9-13-14(12)3;1-12-10(8(7-11-12)13(14)15)9-5-3-2-4-6-16-9;3*1-3-4-5-8(13)9-7(12(14)15)6-10-11(9)2;1-6-3-4(2-5-6)7(8)9/h4-5,9,11H,1-2,6-8H2,3H3;2,4,7,9H,3,5-6H2,1H3;2*3,6,8,13H,1,4-5H2,2H3;3,6H,1,4-5H2,2H3;2-3H,1H3/t11-;9-;8-;;;/m000.../s1. The molecule has 1 aliphatic heterocycles. The lowest BCUT2D eigenvalue weighted by Gasteiger charge is -2.16. The quantitative estimate of drug-likeness (QED) is 0.0222. The predicted molar refractivity (Wildman–Crippen MR) is 317 cm³/mol. The van der Waals surface area contributed by atoms with Crippen LogP contribution in [0.1, 0.15) is 122 Å². The van der Waals surface area contributed by atoms with Crippen LogP contribution < -0.4 is 0 Å². The first-order valence-electron chi connectivity index (χ1n) is 26.5. The number of nitrogens with zero attached hydrogens (tertiary/aromatic N) is 18. The van der Waals surface area contributed by atoms with E-state index in [1.54, 1.807) is 65.6 Å². The molecule has 476 valence electrons. The molecule has 1 unspecified atom stereocenters. The van der Waals surface area contributed by atoms with Crippen molar-refractivity contribution in [1.82, 2.24) is 58.7 Å². The molecule has 0 aromatic carbocycles. The summed E-state index contributed by atoms with van der Waals surface area (Å²) in [7, 11) is 9.64. The maximum atomic E-state index is 11.6. The monoisotopic (exact) mass is 1230 g/mol. The number of aliphatic hydroxyl groups is 2. The summed E-state index contributed by atoms with van der Waals surface area (Å²) in [4.78, 5) is 72.2. The minimum absolute atomic E-state index is 0.0179. The average Bonchev–Trinajstić information content (AvgIpc) is 3.38. The first-order valence-corrected chi connectivity index (χ1v) is 26.5. The molecule has 88 heavy (non-hydrogen) atoms. The molecule has 4 atom stereocenters. The second kappa shape index (κ2) is 37.8. The van der Waals surface area contributed by atoms with Crippen molar-refractivity contribution >= 4 is 39.9 Å². The Kier molecular flexibility index (Phi) is 31.7. The predicted octanol–water partition coefficient (Wildman–Crippen LogP) is 8.74. The Hall–Kier alpha value is -10.4. The molecule has 0 aliphatic carbocycles. The van der Waals surface area contributed by atoms with Crippen LogP contribution in [-0.4, -0.2) is 117 Å². The number of Topliss-reactive ketones (excluding diaryl/α,β-unsaturated/α-hetero) is 1. The zero-order valence-corrected chi connectivity index (χ0v) is 49.5. The van der Waals surface area contributed by atoms with Gasteiger partial charge in [-0.05, 0) is 57.8 Å². The van der Waals surface area contributed by atoms with Gasteiger partial charge in [0.2, 0.25) is 0 Å². The molecular formula is C53H72N18O17. The van der Waals surface area contributed by atoms with E-state index >= 15 is 0 Å². The first kappa shape index (κ1) is 73.7. The van der Waals surface area contributed by atoms with Gasteiger partial charge in [0.25, 0.3) is 0 Å². The van der Waals surface area contributed by atoms with Crippen LogP contribution in [0.25, 0.3) is 0 Å². The van der Waals surface area contributed by atoms with Crippen molar-refractivity contribution in [3.63, 3.8) is 0 Å². The Balaban J connectivity index is 0.000000363. The van der Waals surface area contributed by atoms with Gasteiger partial charge in [-0.3, -0.25) is 93.6 Å². The van der Waals surface area contributed by atoms with Gasteiger partial charge < -0.3 is 19.7 Å². The summed E-state index contributed by atoms with van der Waals surface area (Å²) in [5.74, 6) is -0.290. The number of hydrogen-bond acceptors (Lipinski definition) is 23. The SMILES string of the molecule is C=CCCC(=O)c1c([N+](=O)[O-])cnn1C.C=CCCC(O)c1c([N+](=O)[O-])cnn1C.C=CCC[C@H](O)c1c([N+](=O)[O-])cnn1C.C=CCC[C@H](OCC=C)c1c([N+](=O)[O-])cnn1C.Cn1cc([N+](=O)[O-])cn1.Cn1ncc([N+](=O)[O-])c1[C@@H]1CCC=CCO1. The largest absolute Gasteiger partial charge is 0.387 e. The third-order valence-electron chi connectivity index (χ3n) is 12.2. The van der Waals surface area contributed by atoms with Gasteiger partial charge in [0.1, 0.15) is 90.6 Å². The summed E-state index contributed by atoms with van der Waals surface area (Å²) >= 11 is 0. The van der Waals surface area contributed by atoms with Crippen LogP contribution in [0.2, 0.25) is 0 Å². The van der Waals surface area contributed by atoms with Gasteiger partial charge in [-0.1, -0.05) is 42.5 Å². The summed E-state index contributed by atoms with van der Waals surface area (Å²) in [6.07, 6.45) is 24.0. The number of aryl methyl sites for hydroxylation is 6. The number of ether oxygens (including phenoxy) is 2. The number of hydrogen-bond donors (Lipinski definition) is 2. The fourth-order valence-corrected chi connectivity index (χ4v) is 8.04. The van der Waals surface area contributed by atoms with Crippen LogP contribution in [0.4, 0.5) is 34.1 Å². The topological polar surface area (TPSA) is 442 Å².